The molecule has 102 valence electrons. The van der Waals surface area contributed by atoms with Crippen molar-refractivity contribution < 1.29 is 14.3 Å². The number of hydrogen-bond acceptors (Lipinski definition) is 4. The molecule has 0 fully saturated rings. The fourth-order valence-corrected chi connectivity index (χ4v) is 1.99. The second-order valence-electron chi connectivity index (χ2n) is 4.50. The Morgan fingerprint density at radius 3 is 2.85 bits per heavy atom. The first-order valence-electron chi connectivity index (χ1n) is 6.33. The van der Waals surface area contributed by atoms with Gasteiger partial charge in [-0.3, -0.25) is 9.48 Å². The fraction of sp³-hybridized carbons (Fsp3) is 0.200. The number of allylic oxidation sites excluding steroid dienone is 1. The van der Waals surface area contributed by atoms with Crippen molar-refractivity contribution >= 4 is 11.9 Å². The predicted molar refractivity (Wildman–Crippen MR) is 74.0 cm³/mol. The number of fused-ring (bicyclic) bond motifs is 1. The van der Waals surface area contributed by atoms with Crippen molar-refractivity contribution in [1.29, 1.82) is 0 Å². The molecule has 0 saturated heterocycles. The number of ether oxygens (including phenoxy) is 2. The second kappa shape index (κ2) is 5.21. The minimum atomic E-state index is -0.0779. The number of nitrogens with zero attached hydrogens (tertiary/aromatic N) is 2. The zero-order valence-electron chi connectivity index (χ0n) is 11.1. The van der Waals surface area contributed by atoms with Crippen LogP contribution in [0.25, 0.3) is 6.08 Å². The molecule has 1 aromatic carbocycles. The normalized spacial score (nSPS) is 13.7. The first kappa shape index (κ1) is 12.5. The maximum absolute atomic E-state index is 12.1. The van der Waals surface area contributed by atoms with Gasteiger partial charge in [0.15, 0.2) is 17.3 Å². The molecule has 0 radical (unpaired) electrons. The third-order valence-electron chi connectivity index (χ3n) is 2.98. The molecule has 2 heterocycles. The van der Waals surface area contributed by atoms with Crippen LogP contribution in [0, 0.1) is 0 Å². The van der Waals surface area contributed by atoms with E-state index in [4.69, 9.17) is 9.47 Å². The summed E-state index contributed by atoms with van der Waals surface area (Å²) >= 11 is 0. The topological polar surface area (TPSA) is 53.4 Å². The summed E-state index contributed by atoms with van der Waals surface area (Å²) in [5.41, 5.74) is 1.47. The maximum atomic E-state index is 12.1. The molecule has 0 amide bonds. The van der Waals surface area contributed by atoms with Gasteiger partial charge in [-0.25, -0.2) is 0 Å². The van der Waals surface area contributed by atoms with Gasteiger partial charge in [0.1, 0.15) is 13.2 Å². The lowest BCUT2D eigenvalue weighted by atomic mass is 10.1. The van der Waals surface area contributed by atoms with Gasteiger partial charge in [-0.2, -0.15) is 5.10 Å². The van der Waals surface area contributed by atoms with E-state index in [0.717, 1.165) is 5.56 Å². The summed E-state index contributed by atoms with van der Waals surface area (Å²) in [6.07, 6.45) is 6.82. The van der Waals surface area contributed by atoms with E-state index >= 15 is 0 Å². The lowest BCUT2D eigenvalue weighted by molar-refractivity contribution is 0.104. The van der Waals surface area contributed by atoms with Crippen LogP contribution >= 0.6 is 0 Å². The van der Waals surface area contributed by atoms with E-state index in [9.17, 15) is 4.79 Å². The molecule has 1 aliphatic heterocycles. The molecule has 0 atom stereocenters. The van der Waals surface area contributed by atoms with Gasteiger partial charge >= 0.3 is 0 Å². The van der Waals surface area contributed by atoms with E-state index in [0.29, 0.717) is 30.3 Å². The highest BCUT2D eigenvalue weighted by atomic mass is 16.6. The second-order valence-corrected chi connectivity index (χ2v) is 4.50. The van der Waals surface area contributed by atoms with E-state index in [-0.39, 0.29) is 5.78 Å². The monoisotopic (exact) mass is 270 g/mol. The van der Waals surface area contributed by atoms with Crippen LogP contribution in [-0.2, 0) is 7.05 Å². The van der Waals surface area contributed by atoms with Crippen molar-refractivity contribution in [2.45, 2.75) is 0 Å². The molecule has 0 saturated carbocycles. The van der Waals surface area contributed by atoms with Crippen LogP contribution in [0.3, 0.4) is 0 Å². The number of ketones is 1. The minimum absolute atomic E-state index is 0.0779. The minimum Gasteiger partial charge on any atom is -0.486 e. The number of aryl methyl sites for hydroxylation is 1. The molecule has 3 rings (SSSR count). The summed E-state index contributed by atoms with van der Waals surface area (Å²) in [6, 6.07) is 5.22. The van der Waals surface area contributed by atoms with Crippen molar-refractivity contribution in [2.24, 2.45) is 7.05 Å². The first-order valence-corrected chi connectivity index (χ1v) is 6.33. The molecular weight excluding hydrogens is 256 g/mol. The van der Waals surface area contributed by atoms with Gasteiger partial charge < -0.3 is 9.47 Å². The molecule has 1 aliphatic rings. The molecule has 20 heavy (non-hydrogen) atoms. The van der Waals surface area contributed by atoms with Crippen molar-refractivity contribution in [3.8, 4) is 11.5 Å². The Balaban J connectivity index is 1.78. The van der Waals surface area contributed by atoms with Crippen molar-refractivity contribution in [2.75, 3.05) is 13.2 Å². The molecule has 5 heteroatoms. The Kier molecular flexibility index (Phi) is 3.25. The average molecular weight is 270 g/mol. The van der Waals surface area contributed by atoms with Gasteiger partial charge in [0.05, 0.1) is 6.20 Å². The average Bonchev–Trinajstić information content (AvgIpc) is 2.90. The molecule has 5 nitrogen and oxygen atoms in total. The largest absolute Gasteiger partial charge is 0.486 e. The Morgan fingerprint density at radius 1 is 1.30 bits per heavy atom. The van der Waals surface area contributed by atoms with Gasteiger partial charge in [-0.05, 0) is 30.4 Å². The number of carbonyl (C=O) groups is 1. The van der Waals surface area contributed by atoms with Crippen LogP contribution in [-0.4, -0.2) is 28.8 Å². The van der Waals surface area contributed by atoms with Gasteiger partial charge in [0, 0.05) is 24.4 Å². The Bertz CT molecular complexity index is 674. The van der Waals surface area contributed by atoms with Crippen LogP contribution in [0.1, 0.15) is 15.9 Å². The Labute approximate surface area is 116 Å². The highest BCUT2D eigenvalue weighted by molar-refractivity contribution is 6.07. The number of aromatic nitrogens is 2. The third-order valence-corrected chi connectivity index (χ3v) is 2.98. The molecular formula is C15H14N2O3. The number of rotatable bonds is 3. The van der Waals surface area contributed by atoms with Gasteiger partial charge in [0.25, 0.3) is 0 Å². The van der Waals surface area contributed by atoms with Gasteiger partial charge in [-0.1, -0.05) is 0 Å². The molecule has 1 aromatic heterocycles. The van der Waals surface area contributed by atoms with E-state index in [2.05, 4.69) is 5.10 Å². The zero-order chi connectivity index (χ0) is 13.9. The van der Waals surface area contributed by atoms with Crippen molar-refractivity contribution in [3.63, 3.8) is 0 Å². The highest BCUT2D eigenvalue weighted by Gasteiger charge is 2.13. The first-order chi connectivity index (χ1) is 9.72. The van der Waals surface area contributed by atoms with E-state index < -0.39 is 0 Å². The molecule has 2 aromatic rings. The van der Waals surface area contributed by atoms with E-state index in [1.54, 1.807) is 35.2 Å². The molecule has 0 spiro atoms. The van der Waals surface area contributed by atoms with Gasteiger partial charge in [-0.15, -0.1) is 0 Å². The van der Waals surface area contributed by atoms with Crippen molar-refractivity contribution in [1.82, 2.24) is 9.78 Å². The molecule has 0 aliphatic carbocycles. The quantitative estimate of drug-likeness (QED) is 0.633. The zero-order valence-corrected chi connectivity index (χ0v) is 11.1. The summed E-state index contributed by atoms with van der Waals surface area (Å²) in [6.45, 7) is 1.05. The van der Waals surface area contributed by atoms with Crippen LogP contribution in [0.4, 0.5) is 0 Å². The summed E-state index contributed by atoms with van der Waals surface area (Å²) < 4.78 is 12.6. The van der Waals surface area contributed by atoms with Crippen LogP contribution in [0.5, 0.6) is 11.5 Å². The molecule has 0 unspecified atom stereocenters. The molecule has 0 N–H and O–H groups in total. The Morgan fingerprint density at radius 2 is 2.10 bits per heavy atom. The lowest BCUT2D eigenvalue weighted by Gasteiger charge is -2.18. The lowest BCUT2D eigenvalue weighted by Crippen LogP contribution is -2.15. The molecule has 0 bridgehead atoms. The van der Waals surface area contributed by atoms with Gasteiger partial charge in [0.2, 0.25) is 0 Å². The fourth-order valence-electron chi connectivity index (χ4n) is 1.99. The Hall–Kier alpha value is -2.56. The number of hydrogen-bond donors (Lipinski definition) is 0. The smallest absolute Gasteiger partial charge is 0.185 e. The van der Waals surface area contributed by atoms with Crippen LogP contribution < -0.4 is 9.47 Å². The number of benzene rings is 1. The SMILES string of the molecule is Cn1cc(/C=C/C(=O)c2ccc3c(c2)OCCO3)cn1. The predicted octanol–water partition coefficient (Wildman–Crippen LogP) is 2.09. The standard InChI is InChI=1S/C15H14N2O3/c1-17-10-11(9-16-17)2-4-13(18)12-3-5-14-15(8-12)20-7-6-19-14/h2-5,8-10H,6-7H2,1H3/b4-2+. The van der Waals surface area contributed by atoms with Crippen molar-refractivity contribution in [3.05, 3.63) is 47.8 Å². The number of carbonyl (C=O) groups excluding carboxylic acids is 1. The summed E-state index contributed by atoms with van der Waals surface area (Å²) in [5, 5.41) is 4.04. The van der Waals surface area contributed by atoms with E-state index in [1.807, 2.05) is 13.2 Å². The van der Waals surface area contributed by atoms with E-state index in [1.165, 1.54) is 6.08 Å². The maximum Gasteiger partial charge on any atom is 0.185 e. The van der Waals surface area contributed by atoms with Crippen LogP contribution in [0.2, 0.25) is 0 Å². The third kappa shape index (κ3) is 2.56. The summed E-state index contributed by atoms with van der Waals surface area (Å²) in [7, 11) is 1.83. The summed E-state index contributed by atoms with van der Waals surface area (Å²) in [4.78, 5) is 12.1. The summed E-state index contributed by atoms with van der Waals surface area (Å²) in [5.74, 6) is 1.23. The highest BCUT2D eigenvalue weighted by Crippen LogP contribution is 2.30. The van der Waals surface area contributed by atoms with Crippen LogP contribution in [0.15, 0.2) is 36.7 Å².